The lowest BCUT2D eigenvalue weighted by atomic mass is 9.97. The quantitative estimate of drug-likeness (QED) is 0.895. The second-order valence-electron chi connectivity index (χ2n) is 7.45. The monoisotopic (exact) mass is 364 g/mol. The van der Waals surface area contributed by atoms with Gasteiger partial charge in [0.1, 0.15) is 0 Å². The van der Waals surface area contributed by atoms with Crippen molar-refractivity contribution >= 4 is 23.3 Å². The molecule has 1 atom stereocenters. The summed E-state index contributed by atoms with van der Waals surface area (Å²) in [6.07, 6.45) is 2.64. The van der Waals surface area contributed by atoms with Gasteiger partial charge in [-0.3, -0.25) is 4.90 Å². The van der Waals surface area contributed by atoms with Crippen LogP contribution in [0.3, 0.4) is 0 Å². The fraction of sp³-hybridized carbons (Fsp3) is 0.632. The first-order chi connectivity index (χ1) is 12.0. The smallest absolute Gasteiger partial charge is 0.321 e. The van der Waals surface area contributed by atoms with Crippen LogP contribution >= 0.6 is 11.6 Å². The van der Waals surface area contributed by atoms with E-state index in [1.807, 2.05) is 30.0 Å². The maximum atomic E-state index is 12.4. The van der Waals surface area contributed by atoms with Crippen LogP contribution in [0.25, 0.3) is 0 Å². The van der Waals surface area contributed by atoms with Crippen molar-refractivity contribution in [2.75, 3.05) is 58.2 Å². The van der Waals surface area contributed by atoms with Crippen molar-refractivity contribution < 1.29 is 4.79 Å². The third-order valence-corrected chi connectivity index (χ3v) is 5.73. The Kier molecular flexibility index (Phi) is 6.20. The minimum Gasteiger partial charge on any atom is -0.322 e. The first kappa shape index (κ1) is 18.5. The first-order valence-corrected chi connectivity index (χ1v) is 9.62. The zero-order chi connectivity index (χ0) is 17.8. The first-order valence-electron chi connectivity index (χ1n) is 9.24. The Morgan fingerprint density at radius 1 is 1.24 bits per heavy atom. The molecule has 5 nitrogen and oxygen atoms in total. The molecule has 2 aliphatic rings. The van der Waals surface area contributed by atoms with Crippen LogP contribution in [0.15, 0.2) is 18.2 Å². The fourth-order valence-electron chi connectivity index (χ4n) is 3.79. The second kappa shape index (κ2) is 8.39. The molecule has 0 saturated carbocycles. The van der Waals surface area contributed by atoms with Gasteiger partial charge in [-0.05, 0) is 57.0 Å². The minimum atomic E-state index is -0.0306. The molecule has 2 heterocycles. The van der Waals surface area contributed by atoms with Gasteiger partial charge in [-0.1, -0.05) is 17.7 Å². The number of benzene rings is 1. The molecule has 0 aromatic heterocycles. The summed E-state index contributed by atoms with van der Waals surface area (Å²) in [5.74, 6) is 0.772. The zero-order valence-corrected chi connectivity index (χ0v) is 16.1. The number of piperazine rings is 1. The molecule has 138 valence electrons. The average molecular weight is 365 g/mol. The molecule has 25 heavy (non-hydrogen) atoms. The maximum absolute atomic E-state index is 12.4. The van der Waals surface area contributed by atoms with Gasteiger partial charge < -0.3 is 15.1 Å². The molecular formula is C19H29ClN4O. The number of hydrogen-bond donors (Lipinski definition) is 1. The molecule has 0 bridgehead atoms. The van der Waals surface area contributed by atoms with Gasteiger partial charge in [0.15, 0.2) is 0 Å². The molecule has 2 amide bonds. The Morgan fingerprint density at radius 3 is 2.68 bits per heavy atom. The summed E-state index contributed by atoms with van der Waals surface area (Å²) < 4.78 is 0. The van der Waals surface area contributed by atoms with E-state index in [1.54, 1.807) is 0 Å². The number of nitrogens with one attached hydrogen (secondary N) is 1. The van der Waals surface area contributed by atoms with Gasteiger partial charge in [0.05, 0.1) is 0 Å². The normalized spacial score (nSPS) is 22.8. The molecule has 6 heteroatoms. The van der Waals surface area contributed by atoms with Crippen LogP contribution in [0.5, 0.6) is 0 Å². The van der Waals surface area contributed by atoms with Crippen molar-refractivity contribution in [3.05, 3.63) is 28.8 Å². The molecule has 2 aliphatic heterocycles. The van der Waals surface area contributed by atoms with E-state index in [0.717, 1.165) is 49.9 Å². The lowest BCUT2D eigenvalue weighted by Crippen LogP contribution is -2.51. The number of piperidine rings is 1. The Balaban J connectivity index is 1.45. The topological polar surface area (TPSA) is 38.8 Å². The van der Waals surface area contributed by atoms with Gasteiger partial charge in [0, 0.05) is 50.0 Å². The number of urea groups is 1. The number of aryl methyl sites for hydroxylation is 1. The van der Waals surface area contributed by atoms with Crippen LogP contribution in [0.2, 0.25) is 5.02 Å². The highest BCUT2D eigenvalue weighted by Gasteiger charge is 2.25. The second-order valence-corrected chi connectivity index (χ2v) is 7.86. The Hall–Kier alpha value is -1.30. The summed E-state index contributed by atoms with van der Waals surface area (Å²) in [4.78, 5) is 19.3. The van der Waals surface area contributed by atoms with Crippen LogP contribution in [0.4, 0.5) is 10.5 Å². The number of carbonyl (C=O) groups is 1. The summed E-state index contributed by atoms with van der Waals surface area (Å²) in [6.45, 7) is 9.04. The highest BCUT2D eigenvalue weighted by atomic mass is 35.5. The Labute approximate surface area is 155 Å². The van der Waals surface area contributed by atoms with Gasteiger partial charge in [-0.2, -0.15) is 0 Å². The summed E-state index contributed by atoms with van der Waals surface area (Å²) in [5, 5.41) is 3.64. The van der Waals surface area contributed by atoms with Crippen LogP contribution in [0, 0.1) is 12.8 Å². The highest BCUT2D eigenvalue weighted by molar-refractivity contribution is 6.31. The van der Waals surface area contributed by atoms with E-state index in [1.165, 1.54) is 25.9 Å². The lowest BCUT2D eigenvalue weighted by Gasteiger charge is -2.38. The standard InChI is InChI=1S/C19H29ClN4O/c1-15-5-6-17(12-18(15)20)21-19(25)24-10-8-23(9-11-24)14-16-4-3-7-22(2)13-16/h5-6,12,16H,3-4,7-11,13-14H2,1-2H3,(H,21,25). The molecule has 0 aliphatic carbocycles. The summed E-state index contributed by atoms with van der Waals surface area (Å²) in [7, 11) is 2.21. The summed E-state index contributed by atoms with van der Waals surface area (Å²) >= 11 is 6.13. The average Bonchev–Trinajstić information content (AvgIpc) is 2.59. The lowest BCUT2D eigenvalue weighted by molar-refractivity contribution is 0.109. The van der Waals surface area contributed by atoms with E-state index in [0.29, 0.717) is 5.02 Å². The number of likely N-dealkylation sites (tertiary alicyclic amines) is 1. The van der Waals surface area contributed by atoms with Crippen LogP contribution in [0.1, 0.15) is 18.4 Å². The van der Waals surface area contributed by atoms with Gasteiger partial charge in [0.2, 0.25) is 0 Å². The van der Waals surface area contributed by atoms with E-state index in [9.17, 15) is 4.79 Å². The van der Waals surface area contributed by atoms with Crippen molar-refractivity contribution in [2.24, 2.45) is 5.92 Å². The molecule has 3 rings (SSSR count). The molecule has 0 spiro atoms. The minimum absolute atomic E-state index is 0.0306. The van der Waals surface area contributed by atoms with Crippen molar-refractivity contribution in [2.45, 2.75) is 19.8 Å². The summed E-state index contributed by atoms with van der Waals surface area (Å²) in [6, 6.07) is 5.60. The van der Waals surface area contributed by atoms with Crippen molar-refractivity contribution in [1.82, 2.24) is 14.7 Å². The van der Waals surface area contributed by atoms with E-state index < -0.39 is 0 Å². The molecule has 1 N–H and O–H groups in total. The molecular weight excluding hydrogens is 336 g/mol. The van der Waals surface area contributed by atoms with Crippen molar-refractivity contribution in [3.8, 4) is 0 Å². The molecule has 2 fully saturated rings. The predicted octanol–water partition coefficient (Wildman–Crippen LogP) is 3.14. The molecule has 1 aromatic carbocycles. The summed E-state index contributed by atoms with van der Waals surface area (Å²) in [5.41, 5.74) is 1.77. The Morgan fingerprint density at radius 2 is 2.00 bits per heavy atom. The predicted molar refractivity (Wildman–Crippen MR) is 103 cm³/mol. The van der Waals surface area contributed by atoms with Crippen molar-refractivity contribution in [1.29, 1.82) is 0 Å². The Bertz CT molecular complexity index is 601. The van der Waals surface area contributed by atoms with Crippen LogP contribution in [-0.2, 0) is 0 Å². The van der Waals surface area contributed by atoms with Gasteiger partial charge >= 0.3 is 6.03 Å². The van der Waals surface area contributed by atoms with E-state index >= 15 is 0 Å². The maximum Gasteiger partial charge on any atom is 0.321 e. The van der Waals surface area contributed by atoms with E-state index in [-0.39, 0.29) is 6.03 Å². The SMILES string of the molecule is Cc1ccc(NC(=O)N2CCN(CC3CCCN(C)C3)CC2)cc1Cl. The third kappa shape index (κ3) is 5.09. The largest absolute Gasteiger partial charge is 0.322 e. The van der Waals surface area contributed by atoms with Gasteiger partial charge in [-0.25, -0.2) is 4.79 Å². The number of halogens is 1. The fourth-order valence-corrected chi connectivity index (χ4v) is 3.97. The highest BCUT2D eigenvalue weighted by Crippen LogP contribution is 2.21. The van der Waals surface area contributed by atoms with E-state index in [2.05, 4.69) is 22.2 Å². The van der Waals surface area contributed by atoms with Gasteiger partial charge in [-0.15, -0.1) is 0 Å². The third-order valence-electron chi connectivity index (χ3n) is 5.32. The molecule has 1 unspecified atom stereocenters. The van der Waals surface area contributed by atoms with Crippen molar-refractivity contribution in [3.63, 3.8) is 0 Å². The molecule has 1 aromatic rings. The molecule has 2 saturated heterocycles. The van der Waals surface area contributed by atoms with E-state index in [4.69, 9.17) is 11.6 Å². The van der Waals surface area contributed by atoms with Gasteiger partial charge in [0.25, 0.3) is 0 Å². The van der Waals surface area contributed by atoms with Crippen LogP contribution < -0.4 is 5.32 Å². The number of rotatable bonds is 3. The number of carbonyl (C=O) groups excluding carboxylic acids is 1. The number of hydrogen-bond acceptors (Lipinski definition) is 3. The number of anilines is 1. The zero-order valence-electron chi connectivity index (χ0n) is 15.3. The number of amides is 2. The van der Waals surface area contributed by atoms with Crippen LogP contribution in [-0.4, -0.2) is 73.6 Å². The number of nitrogens with zero attached hydrogens (tertiary/aromatic N) is 3. The molecule has 0 radical (unpaired) electrons.